The number of benzene rings is 2. The topological polar surface area (TPSA) is 63.2 Å². The van der Waals surface area contributed by atoms with Crippen LogP contribution in [0.2, 0.25) is 10.0 Å². The lowest BCUT2D eigenvalue weighted by Gasteiger charge is -2.16. The lowest BCUT2D eigenvalue weighted by Crippen LogP contribution is -2.32. The quantitative estimate of drug-likeness (QED) is 0.637. The number of amides is 1. The van der Waals surface area contributed by atoms with E-state index in [4.69, 9.17) is 23.2 Å². The van der Waals surface area contributed by atoms with E-state index in [2.05, 4.69) is 0 Å². The highest BCUT2D eigenvalue weighted by molar-refractivity contribution is 7.90. The van der Waals surface area contributed by atoms with Crippen LogP contribution < -0.4 is 4.72 Å². The van der Waals surface area contributed by atoms with Crippen LogP contribution in [0.1, 0.15) is 21.5 Å². The Hall–Kier alpha value is -1.98. The van der Waals surface area contributed by atoms with Crippen LogP contribution in [0, 0.1) is 0 Å². The van der Waals surface area contributed by atoms with Crippen LogP contribution in [0.5, 0.6) is 0 Å². The number of hydrogen-bond donors (Lipinski definition) is 1. The molecule has 0 unspecified atom stereocenters. The molecule has 1 amide bonds. The third kappa shape index (κ3) is 4.89. The zero-order valence-electron chi connectivity index (χ0n) is 13.1. The van der Waals surface area contributed by atoms with Gasteiger partial charge in [0.2, 0.25) is 0 Å². The van der Waals surface area contributed by atoms with E-state index in [1.54, 1.807) is 0 Å². The highest BCUT2D eigenvalue weighted by Gasteiger charge is 2.40. The minimum Gasteiger partial charge on any atom is -0.268 e. The van der Waals surface area contributed by atoms with Crippen molar-refractivity contribution in [1.82, 2.24) is 4.72 Å². The molecule has 0 fully saturated rings. The van der Waals surface area contributed by atoms with E-state index in [0.717, 1.165) is 18.2 Å². The van der Waals surface area contributed by atoms with Gasteiger partial charge < -0.3 is 0 Å². The molecule has 28 heavy (non-hydrogen) atoms. The van der Waals surface area contributed by atoms with Gasteiger partial charge in [0.25, 0.3) is 15.9 Å². The molecule has 0 saturated heterocycles. The molecule has 0 aromatic heterocycles. The molecule has 4 nitrogen and oxygen atoms in total. The summed E-state index contributed by atoms with van der Waals surface area (Å²) in [5.41, 5.74) is -4.89. The van der Waals surface area contributed by atoms with Gasteiger partial charge in [0.15, 0.2) is 0 Å². The maximum atomic E-state index is 13.1. The Morgan fingerprint density at radius 3 is 1.96 bits per heavy atom. The van der Waals surface area contributed by atoms with Crippen LogP contribution >= 0.6 is 23.2 Å². The number of nitrogens with one attached hydrogen (secondary N) is 1. The summed E-state index contributed by atoms with van der Waals surface area (Å²) in [4.78, 5) is 11.5. The molecule has 0 heterocycles. The largest absolute Gasteiger partial charge is 0.417 e. The number of carbonyl (C=O) groups excluding carboxylic acids is 1. The molecule has 0 aliphatic heterocycles. The highest BCUT2D eigenvalue weighted by atomic mass is 35.5. The van der Waals surface area contributed by atoms with Crippen LogP contribution in [0.15, 0.2) is 41.3 Å². The molecule has 0 aliphatic carbocycles. The SMILES string of the molecule is O=C(NS(=O)(=O)c1ccc(Cl)c(Cl)c1)c1ccc(C(F)(F)F)cc1C(F)(F)F. The second kappa shape index (κ2) is 7.45. The van der Waals surface area contributed by atoms with Gasteiger partial charge in [-0.25, -0.2) is 13.1 Å². The summed E-state index contributed by atoms with van der Waals surface area (Å²) in [6, 6.07) is 3.04. The summed E-state index contributed by atoms with van der Waals surface area (Å²) in [5, 5.41) is -0.225. The molecule has 2 rings (SSSR count). The smallest absolute Gasteiger partial charge is 0.268 e. The first-order valence-corrected chi connectivity index (χ1v) is 9.17. The highest BCUT2D eigenvalue weighted by Crippen LogP contribution is 2.37. The van der Waals surface area contributed by atoms with E-state index >= 15 is 0 Å². The van der Waals surface area contributed by atoms with E-state index in [9.17, 15) is 39.6 Å². The van der Waals surface area contributed by atoms with Crippen molar-refractivity contribution in [1.29, 1.82) is 0 Å². The first kappa shape index (κ1) is 22.3. The molecule has 0 bridgehead atoms. The van der Waals surface area contributed by atoms with Crippen LogP contribution in [0.3, 0.4) is 0 Å². The monoisotopic (exact) mass is 465 g/mol. The zero-order chi connectivity index (χ0) is 21.5. The van der Waals surface area contributed by atoms with Crippen molar-refractivity contribution in [3.63, 3.8) is 0 Å². The predicted octanol–water partition coefficient (Wildman–Crippen LogP) is 5.15. The molecule has 0 atom stereocenters. The Labute approximate surface area is 164 Å². The average molecular weight is 466 g/mol. The van der Waals surface area contributed by atoms with Gasteiger partial charge in [-0.1, -0.05) is 23.2 Å². The molecule has 0 aliphatic rings. The van der Waals surface area contributed by atoms with E-state index in [1.165, 1.54) is 4.72 Å². The van der Waals surface area contributed by atoms with Gasteiger partial charge in [-0.3, -0.25) is 4.79 Å². The van der Waals surface area contributed by atoms with Crippen molar-refractivity contribution in [2.75, 3.05) is 0 Å². The standard InChI is InChI=1S/C15H7Cl2F6NO3S/c16-11-4-2-8(6-12(11)17)28(26,27)24-13(25)9-3-1-7(14(18,19)20)5-10(9)15(21,22)23/h1-6H,(H,24,25). The Morgan fingerprint density at radius 2 is 1.46 bits per heavy atom. The third-order valence-corrected chi connectivity index (χ3v) is 5.39. The van der Waals surface area contributed by atoms with E-state index in [0.29, 0.717) is 0 Å². The summed E-state index contributed by atoms with van der Waals surface area (Å²) in [6.07, 6.45) is -10.4. The number of alkyl halides is 6. The van der Waals surface area contributed by atoms with Gasteiger partial charge in [0.1, 0.15) is 0 Å². The Balaban J connectivity index is 2.47. The minimum absolute atomic E-state index is 0.0194. The first-order valence-electron chi connectivity index (χ1n) is 6.93. The molecule has 13 heteroatoms. The average Bonchev–Trinajstić information content (AvgIpc) is 2.54. The van der Waals surface area contributed by atoms with Gasteiger partial charge in [0, 0.05) is 0 Å². The van der Waals surface area contributed by atoms with Crippen LogP contribution in [-0.4, -0.2) is 14.3 Å². The zero-order valence-corrected chi connectivity index (χ0v) is 15.4. The number of carbonyl (C=O) groups is 1. The number of hydrogen-bond acceptors (Lipinski definition) is 3. The van der Waals surface area contributed by atoms with Gasteiger partial charge in [0.05, 0.1) is 31.6 Å². The maximum Gasteiger partial charge on any atom is 0.417 e. The first-order chi connectivity index (χ1) is 12.6. The molecule has 1 N–H and O–H groups in total. The van der Waals surface area contributed by atoms with E-state index in [1.807, 2.05) is 0 Å². The molecule has 2 aromatic rings. The lowest BCUT2D eigenvalue weighted by atomic mass is 10.0. The van der Waals surface area contributed by atoms with Crippen molar-refractivity contribution in [3.8, 4) is 0 Å². The fourth-order valence-corrected chi connectivity index (χ4v) is 3.39. The van der Waals surface area contributed by atoms with Crippen molar-refractivity contribution in [2.24, 2.45) is 0 Å². The normalized spacial score (nSPS) is 12.7. The fraction of sp³-hybridized carbons (Fsp3) is 0.133. The number of sulfonamides is 1. The van der Waals surface area contributed by atoms with Crippen molar-refractivity contribution < 1.29 is 39.6 Å². The summed E-state index contributed by atoms with van der Waals surface area (Å²) < 4.78 is 103. The van der Waals surface area contributed by atoms with Crippen LogP contribution in [0.4, 0.5) is 26.3 Å². The second-order valence-electron chi connectivity index (χ2n) is 5.27. The molecule has 2 aromatic carbocycles. The van der Waals surface area contributed by atoms with Gasteiger partial charge >= 0.3 is 12.4 Å². The van der Waals surface area contributed by atoms with Gasteiger partial charge in [-0.05, 0) is 36.4 Å². The van der Waals surface area contributed by atoms with E-state index in [-0.39, 0.29) is 28.2 Å². The molecular formula is C15H7Cl2F6NO3S. The summed E-state index contributed by atoms with van der Waals surface area (Å²) in [7, 11) is -4.68. The Morgan fingerprint density at radius 1 is 0.857 bits per heavy atom. The Kier molecular flexibility index (Phi) is 5.94. The maximum absolute atomic E-state index is 13.1. The third-order valence-electron chi connectivity index (χ3n) is 3.33. The predicted molar refractivity (Wildman–Crippen MR) is 87.6 cm³/mol. The van der Waals surface area contributed by atoms with Crippen molar-refractivity contribution in [2.45, 2.75) is 17.2 Å². The molecule has 0 spiro atoms. The number of halogens is 8. The summed E-state index contributed by atoms with van der Waals surface area (Å²) in [6.45, 7) is 0. The lowest BCUT2D eigenvalue weighted by molar-refractivity contribution is -0.143. The molecule has 152 valence electrons. The second-order valence-corrected chi connectivity index (χ2v) is 7.76. The van der Waals surface area contributed by atoms with Gasteiger partial charge in [-0.15, -0.1) is 0 Å². The van der Waals surface area contributed by atoms with Crippen LogP contribution in [0.25, 0.3) is 0 Å². The summed E-state index contributed by atoms with van der Waals surface area (Å²) in [5.74, 6) is -1.77. The fourth-order valence-electron chi connectivity index (χ4n) is 2.03. The number of rotatable bonds is 3. The van der Waals surface area contributed by atoms with Crippen LogP contribution in [-0.2, 0) is 22.4 Å². The molecular weight excluding hydrogens is 459 g/mol. The van der Waals surface area contributed by atoms with E-state index < -0.39 is 49.9 Å². The Bertz CT molecular complexity index is 1040. The molecule has 0 radical (unpaired) electrons. The molecule has 0 saturated carbocycles. The van der Waals surface area contributed by atoms with Gasteiger partial charge in [-0.2, -0.15) is 26.3 Å². The minimum atomic E-state index is -5.35. The summed E-state index contributed by atoms with van der Waals surface area (Å²) >= 11 is 11.3. The van der Waals surface area contributed by atoms with Crippen molar-refractivity contribution in [3.05, 3.63) is 63.1 Å². The van der Waals surface area contributed by atoms with Crippen molar-refractivity contribution >= 4 is 39.1 Å².